The molecule has 10 atom stereocenters. The molecule has 4 aromatic carbocycles. The Morgan fingerprint density at radius 1 is 0.566 bits per heavy atom. The van der Waals surface area contributed by atoms with Gasteiger partial charge in [0, 0.05) is 51.4 Å². The lowest BCUT2D eigenvalue weighted by molar-refractivity contribution is -0.384. The summed E-state index contributed by atoms with van der Waals surface area (Å²) in [7, 11) is 0. The molecule has 0 aromatic heterocycles. The van der Waals surface area contributed by atoms with Gasteiger partial charge in [-0.2, -0.15) is 0 Å². The van der Waals surface area contributed by atoms with E-state index in [1.807, 2.05) is 91.0 Å². The van der Waals surface area contributed by atoms with E-state index in [-0.39, 0.29) is 56.4 Å². The van der Waals surface area contributed by atoms with Gasteiger partial charge in [-0.1, -0.05) is 130 Å². The minimum Gasteiger partial charge on any atom is -0.463 e. The Labute approximate surface area is 443 Å². The third kappa shape index (κ3) is 18.6. The van der Waals surface area contributed by atoms with Gasteiger partial charge in [0.2, 0.25) is 5.91 Å². The zero-order valence-corrected chi connectivity index (χ0v) is 43.6. The van der Waals surface area contributed by atoms with Crippen LogP contribution in [0.4, 0.5) is 5.69 Å². The van der Waals surface area contributed by atoms with E-state index in [0.717, 1.165) is 74.8 Å². The molecule has 2 amide bonds. The number of hydrogen-bond donors (Lipinski definition) is 2. The summed E-state index contributed by atoms with van der Waals surface area (Å²) in [5.74, 6) is -3.26. The zero-order valence-electron chi connectivity index (χ0n) is 43.6. The van der Waals surface area contributed by atoms with Gasteiger partial charge in [-0.25, -0.2) is 0 Å². The number of non-ortho nitro benzene ring substituents is 1. The predicted octanol–water partition coefficient (Wildman–Crippen LogP) is 7.64. The highest BCUT2D eigenvalue weighted by Gasteiger charge is 2.53. The molecule has 0 radical (unpaired) electrons. The van der Waals surface area contributed by atoms with E-state index in [9.17, 15) is 34.1 Å². The van der Waals surface area contributed by atoms with Crippen molar-refractivity contribution in [2.45, 2.75) is 160 Å². The number of carbonyl (C=O) groups excluding carboxylic acids is 5. The molecule has 76 heavy (non-hydrogen) atoms. The van der Waals surface area contributed by atoms with Crippen molar-refractivity contribution in [3.05, 3.63) is 148 Å². The minimum atomic E-state index is -1.56. The topological polar surface area (TPSA) is 236 Å². The van der Waals surface area contributed by atoms with Crippen LogP contribution in [0.25, 0.3) is 0 Å². The number of benzene rings is 4. The normalized spacial score (nSPS) is 23.2. The smallest absolute Gasteiger partial charge is 0.303 e. The number of unbranched alkanes of at least 4 members (excludes halogenated alkanes) is 5. The second-order valence-electron chi connectivity index (χ2n) is 18.8. The van der Waals surface area contributed by atoms with Gasteiger partial charge in [-0.3, -0.25) is 34.1 Å². The minimum absolute atomic E-state index is 0.0132. The van der Waals surface area contributed by atoms with Crippen molar-refractivity contribution >= 4 is 35.4 Å². The lowest BCUT2D eigenvalue weighted by Gasteiger charge is -2.48. The van der Waals surface area contributed by atoms with Crippen LogP contribution in [0.3, 0.4) is 0 Å². The number of carbonyl (C=O) groups is 5. The molecular weight excluding hydrogens is 983 g/mol. The fourth-order valence-corrected chi connectivity index (χ4v) is 9.10. The maximum absolute atomic E-state index is 14.1. The molecule has 0 bridgehead atoms. The first kappa shape index (κ1) is 58.6. The molecule has 2 heterocycles. The number of ether oxygens (including phenoxy) is 9. The van der Waals surface area contributed by atoms with Crippen molar-refractivity contribution in [1.82, 2.24) is 10.6 Å². The van der Waals surface area contributed by atoms with Crippen LogP contribution in [0.5, 0.6) is 0 Å². The average molecular weight is 1050 g/mol. The Morgan fingerprint density at radius 3 is 1.62 bits per heavy atom. The highest BCUT2D eigenvalue weighted by atomic mass is 16.7. The molecule has 0 spiro atoms. The summed E-state index contributed by atoms with van der Waals surface area (Å²) in [6, 6.07) is 32.1. The van der Waals surface area contributed by atoms with Crippen molar-refractivity contribution in [2.24, 2.45) is 0 Å². The molecule has 410 valence electrons. The second kappa shape index (κ2) is 30.8. The zero-order chi connectivity index (χ0) is 54.2. The summed E-state index contributed by atoms with van der Waals surface area (Å²) in [5, 5.41) is 17.3. The number of esters is 3. The van der Waals surface area contributed by atoms with E-state index in [0.29, 0.717) is 6.54 Å². The molecule has 19 nitrogen and oxygen atoms in total. The van der Waals surface area contributed by atoms with Gasteiger partial charge in [-0.05, 0) is 41.7 Å². The summed E-state index contributed by atoms with van der Waals surface area (Å²) in [6.07, 6.45) is -3.54. The maximum Gasteiger partial charge on any atom is 0.303 e. The number of nitrogens with one attached hydrogen (secondary N) is 2. The van der Waals surface area contributed by atoms with Gasteiger partial charge < -0.3 is 53.3 Å². The fraction of sp³-hybridized carbons (Fsp3) is 0.491. The van der Waals surface area contributed by atoms with Crippen molar-refractivity contribution in [3.63, 3.8) is 0 Å². The van der Waals surface area contributed by atoms with Gasteiger partial charge in [-0.15, -0.1) is 0 Å². The van der Waals surface area contributed by atoms with Crippen LogP contribution in [0.15, 0.2) is 115 Å². The molecule has 0 saturated carbocycles. The first-order valence-electron chi connectivity index (χ1n) is 26.0. The monoisotopic (exact) mass is 1050 g/mol. The van der Waals surface area contributed by atoms with Crippen LogP contribution in [0.2, 0.25) is 0 Å². The fourth-order valence-electron chi connectivity index (χ4n) is 9.10. The Balaban J connectivity index is 1.38. The van der Waals surface area contributed by atoms with Crippen LogP contribution in [-0.2, 0) is 81.6 Å². The van der Waals surface area contributed by atoms with Gasteiger partial charge >= 0.3 is 17.9 Å². The number of nitro groups is 1. The SMILES string of the molecule is CCCCCCCCNC(=O)CC[C@H]1O[C@H](CO[C@@H]2O[C@H](COC(C)=O)[C@@H](OC(C)=O)[C@H](OC(C)=O)[C@H]2NC(=O)c2ccc([N+](=O)[O-])cc2)[C@@H](OCc2ccccc2)[C@H](OCc2ccccc2)[C@@H]1OCc1ccccc1. The third-order valence-electron chi connectivity index (χ3n) is 12.9. The highest BCUT2D eigenvalue weighted by molar-refractivity contribution is 5.94. The molecule has 2 aliphatic heterocycles. The van der Waals surface area contributed by atoms with Gasteiger partial charge in [0.25, 0.3) is 11.6 Å². The van der Waals surface area contributed by atoms with Crippen molar-refractivity contribution in [2.75, 3.05) is 19.8 Å². The van der Waals surface area contributed by atoms with Crippen molar-refractivity contribution in [3.8, 4) is 0 Å². The maximum atomic E-state index is 14.1. The van der Waals surface area contributed by atoms with Crippen LogP contribution in [0, 0.1) is 10.1 Å². The van der Waals surface area contributed by atoms with Crippen molar-refractivity contribution in [1.29, 1.82) is 0 Å². The Kier molecular flexibility index (Phi) is 23.8. The summed E-state index contributed by atoms with van der Waals surface area (Å²) in [6.45, 7) is 5.70. The van der Waals surface area contributed by atoms with Crippen LogP contribution in [-0.4, -0.2) is 116 Å². The summed E-state index contributed by atoms with van der Waals surface area (Å²) < 4.78 is 57.6. The van der Waals surface area contributed by atoms with Gasteiger partial charge in [0.1, 0.15) is 43.2 Å². The molecule has 2 aliphatic rings. The van der Waals surface area contributed by atoms with Gasteiger partial charge in [0.05, 0.1) is 37.5 Å². The van der Waals surface area contributed by atoms with E-state index in [4.69, 9.17) is 42.6 Å². The number of rotatable bonds is 29. The first-order chi connectivity index (χ1) is 36.8. The average Bonchev–Trinajstić information content (AvgIpc) is 3.41. The summed E-state index contributed by atoms with van der Waals surface area (Å²) >= 11 is 0. The van der Waals surface area contributed by atoms with Crippen LogP contribution in [0.1, 0.15) is 106 Å². The lowest BCUT2D eigenvalue weighted by atomic mass is 9.91. The first-order valence-corrected chi connectivity index (χ1v) is 26.0. The molecule has 2 saturated heterocycles. The highest BCUT2D eigenvalue weighted by Crippen LogP contribution is 2.35. The Hall–Kier alpha value is -6.61. The lowest BCUT2D eigenvalue weighted by Crippen LogP contribution is -2.67. The summed E-state index contributed by atoms with van der Waals surface area (Å²) in [5.41, 5.74) is 2.33. The van der Waals surface area contributed by atoms with Crippen LogP contribution < -0.4 is 10.6 Å². The van der Waals surface area contributed by atoms with Crippen molar-refractivity contribution < 1.29 is 71.5 Å². The molecule has 4 aromatic rings. The number of nitro benzene ring substituents is 1. The molecular formula is C57H71N3O16. The Morgan fingerprint density at radius 2 is 1.08 bits per heavy atom. The quantitative estimate of drug-likeness (QED) is 0.0175. The predicted molar refractivity (Wildman–Crippen MR) is 276 cm³/mol. The Bertz CT molecular complexity index is 2430. The molecule has 0 unspecified atom stereocenters. The van der Waals surface area contributed by atoms with E-state index < -0.39 is 96.5 Å². The number of hydrogen-bond acceptors (Lipinski definition) is 16. The van der Waals surface area contributed by atoms with Crippen LogP contribution >= 0.6 is 0 Å². The van der Waals surface area contributed by atoms with E-state index >= 15 is 0 Å². The third-order valence-corrected chi connectivity index (χ3v) is 12.9. The van der Waals surface area contributed by atoms with E-state index in [1.54, 1.807) is 0 Å². The number of amides is 2. The second-order valence-corrected chi connectivity index (χ2v) is 18.8. The molecule has 2 N–H and O–H groups in total. The molecule has 2 fully saturated rings. The molecule has 6 rings (SSSR count). The van der Waals surface area contributed by atoms with E-state index in [2.05, 4.69) is 17.6 Å². The molecule has 0 aliphatic carbocycles. The molecule has 19 heteroatoms. The summed E-state index contributed by atoms with van der Waals surface area (Å²) in [4.78, 5) is 76.3. The standard InChI is InChI=1S/C57H71N3O16/c1-5-6-7-8-9-19-32-58-49(64)31-30-46-51(69-33-41-20-13-10-14-21-41)55(71-35-43-24-17-12-18-25-43)52(70-34-42-22-15-11-16-23-42)47(75-46)37-72-57-50(59-56(65)44-26-28-45(29-27-44)60(66)67)54(74-40(4)63)53(73-39(3)62)48(76-57)36-68-38(2)61/h10-18,20-29,46-48,50-55,57H,5-9,19,30-37H2,1-4H3,(H,58,64)(H,59,65)/t46-,47-,48-,50-,51-,52-,53-,54-,55-,57-/m1/s1. The van der Waals surface area contributed by atoms with Gasteiger partial charge in [0.15, 0.2) is 18.5 Å². The number of nitrogens with zero attached hydrogens (tertiary/aromatic N) is 1. The van der Waals surface area contributed by atoms with E-state index in [1.165, 1.54) is 25.5 Å². The largest absolute Gasteiger partial charge is 0.463 e.